The molecule has 33 heavy (non-hydrogen) atoms. The highest BCUT2D eigenvalue weighted by molar-refractivity contribution is 5.22. The summed E-state index contributed by atoms with van der Waals surface area (Å²) in [6, 6.07) is 0. The molecule has 4 fully saturated rings. The first-order valence-electron chi connectivity index (χ1n) is 13.7. The van der Waals surface area contributed by atoms with Crippen molar-refractivity contribution in [2.24, 2.45) is 58.2 Å². The molecule has 0 aromatic rings. The molecule has 4 saturated carbocycles. The second-order valence-corrected chi connectivity index (χ2v) is 13.5. The van der Waals surface area contributed by atoms with Gasteiger partial charge in [-0.15, -0.1) is 0 Å². The van der Waals surface area contributed by atoms with Crippen LogP contribution < -0.4 is 0 Å². The Morgan fingerprint density at radius 2 is 1.55 bits per heavy atom. The van der Waals surface area contributed by atoms with Crippen molar-refractivity contribution in [1.29, 1.82) is 0 Å². The van der Waals surface area contributed by atoms with E-state index in [2.05, 4.69) is 60.6 Å². The van der Waals surface area contributed by atoms with Crippen molar-refractivity contribution < 1.29 is 20.4 Å². The summed E-state index contributed by atoms with van der Waals surface area (Å²) in [4.78, 5) is 0. The molecule has 4 heteroatoms. The van der Waals surface area contributed by atoms with E-state index in [1.807, 2.05) is 0 Å². The van der Waals surface area contributed by atoms with Gasteiger partial charge in [0, 0.05) is 11.3 Å². The SMILES string of the molecule is CC(C)C(C)/C=C\[C@@H](C)[C@H]1CC[C@H]2[C@]3(O)CC[C@H]4[C@H](C)[C@@H](O)CC[C@]4(C)[C@H]3[C@@H](O)[C@H](O)[C@]12C. The molecule has 4 rings (SSSR count). The van der Waals surface area contributed by atoms with Gasteiger partial charge in [0.1, 0.15) is 0 Å². The molecule has 0 spiro atoms. The minimum atomic E-state index is -0.954. The van der Waals surface area contributed by atoms with Crippen molar-refractivity contribution in [2.75, 3.05) is 0 Å². The smallest absolute Gasteiger partial charge is 0.0865 e. The van der Waals surface area contributed by atoms with E-state index < -0.39 is 23.2 Å². The fourth-order valence-electron chi connectivity index (χ4n) is 9.47. The van der Waals surface area contributed by atoms with Gasteiger partial charge >= 0.3 is 0 Å². The Morgan fingerprint density at radius 1 is 0.879 bits per heavy atom. The van der Waals surface area contributed by atoms with E-state index in [9.17, 15) is 20.4 Å². The largest absolute Gasteiger partial charge is 0.393 e. The first-order valence-corrected chi connectivity index (χ1v) is 13.7. The van der Waals surface area contributed by atoms with E-state index >= 15 is 0 Å². The zero-order chi connectivity index (χ0) is 24.5. The summed E-state index contributed by atoms with van der Waals surface area (Å²) in [6.07, 6.45) is 7.53. The Kier molecular flexibility index (Phi) is 6.69. The van der Waals surface area contributed by atoms with Gasteiger partial charge in [-0.25, -0.2) is 0 Å². The molecule has 4 nitrogen and oxygen atoms in total. The van der Waals surface area contributed by atoms with Gasteiger partial charge in [0.25, 0.3) is 0 Å². The van der Waals surface area contributed by atoms with Crippen molar-refractivity contribution in [1.82, 2.24) is 0 Å². The molecule has 1 unspecified atom stereocenters. The summed E-state index contributed by atoms with van der Waals surface area (Å²) in [6.45, 7) is 15.5. The minimum absolute atomic E-state index is 0.00305. The van der Waals surface area contributed by atoms with Crippen molar-refractivity contribution in [3.63, 3.8) is 0 Å². The third kappa shape index (κ3) is 3.60. The summed E-state index contributed by atoms with van der Waals surface area (Å²) in [5.41, 5.74) is -1.72. The highest BCUT2D eigenvalue weighted by Gasteiger charge is 2.72. The molecular weight excluding hydrogens is 412 g/mol. The molecule has 0 saturated heterocycles. The van der Waals surface area contributed by atoms with Crippen LogP contribution in [0.4, 0.5) is 0 Å². The Morgan fingerprint density at radius 3 is 2.18 bits per heavy atom. The average molecular weight is 463 g/mol. The lowest BCUT2D eigenvalue weighted by Gasteiger charge is -2.68. The molecule has 0 bridgehead atoms. The highest BCUT2D eigenvalue weighted by atomic mass is 16.3. The number of hydrogen-bond acceptors (Lipinski definition) is 4. The second-order valence-electron chi connectivity index (χ2n) is 13.5. The second kappa shape index (κ2) is 8.61. The van der Waals surface area contributed by atoms with Gasteiger partial charge < -0.3 is 20.4 Å². The Labute approximate surface area is 201 Å². The normalized spacial score (nSPS) is 54.1. The topological polar surface area (TPSA) is 80.9 Å². The maximum atomic E-state index is 12.4. The molecule has 0 aromatic heterocycles. The molecule has 0 amide bonds. The van der Waals surface area contributed by atoms with Crippen LogP contribution in [0.2, 0.25) is 0 Å². The van der Waals surface area contributed by atoms with Gasteiger partial charge in [0.2, 0.25) is 0 Å². The maximum Gasteiger partial charge on any atom is 0.0865 e. The van der Waals surface area contributed by atoms with E-state index in [4.69, 9.17) is 0 Å². The summed E-state index contributed by atoms with van der Waals surface area (Å²) in [5, 5.41) is 46.4. The van der Waals surface area contributed by atoms with Crippen LogP contribution in [0.5, 0.6) is 0 Å². The standard InChI is InChI=1S/C29H50O4/c1-16(2)17(3)8-9-18(4)20-10-11-23-28(20,7)26(32)24(31)25-27(6)14-13-22(30)19(5)21(27)12-15-29(23,25)33/h8-9,16-26,30-33H,10-15H2,1-7H3/b9-8-/t17?,18-,19+,20-,21+,22+,23-,24-,25-,26+,27+,28-,29-/m1/s1. The molecule has 4 aliphatic rings. The van der Waals surface area contributed by atoms with Crippen LogP contribution in [0.25, 0.3) is 0 Å². The average Bonchev–Trinajstić information content (AvgIpc) is 3.12. The lowest BCUT2D eigenvalue weighted by molar-refractivity contribution is -0.298. The fourth-order valence-corrected chi connectivity index (χ4v) is 9.47. The molecule has 0 aromatic carbocycles. The highest BCUT2D eigenvalue weighted by Crippen LogP contribution is 2.70. The van der Waals surface area contributed by atoms with Gasteiger partial charge in [-0.3, -0.25) is 0 Å². The predicted molar refractivity (Wildman–Crippen MR) is 132 cm³/mol. The molecule has 13 atom stereocenters. The summed E-state index contributed by atoms with van der Waals surface area (Å²) < 4.78 is 0. The molecule has 0 heterocycles. The van der Waals surface area contributed by atoms with Crippen LogP contribution in [0.15, 0.2) is 12.2 Å². The maximum absolute atomic E-state index is 12.4. The predicted octanol–water partition coefficient (Wildman–Crippen LogP) is 4.79. The van der Waals surface area contributed by atoms with Crippen molar-refractivity contribution in [2.45, 2.75) is 111 Å². The van der Waals surface area contributed by atoms with Crippen LogP contribution in [0, 0.1) is 58.2 Å². The quantitative estimate of drug-likeness (QED) is 0.453. The Balaban J connectivity index is 1.67. The van der Waals surface area contributed by atoms with Crippen molar-refractivity contribution >= 4 is 0 Å². The van der Waals surface area contributed by atoms with E-state index in [1.165, 1.54) is 0 Å². The monoisotopic (exact) mass is 462 g/mol. The van der Waals surface area contributed by atoms with Crippen LogP contribution >= 0.6 is 0 Å². The van der Waals surface area contributed by atoms with E-state index in [0.29, 0.717) is 30.6 Å². The number of aliphatic hydroxyl groups excluding tert-OH is 3. The number of allylic oxidation sites excluding steroid dienone is 2. The third-order valence-corrected chi connectivity index (χ3v) is 11.8. The lowest BCUT2D eigenvalue weighted by Crippen LogP contribution is -2.73. The van der Waals surface area contributed by atoms with Gasteiger partial charge in [0.15, 0.2) is 0 Å². The third-order valence-electron chi connectivity index (χ3n) is 11.8. The lowest BCUT2D eigenvalue weighted by atomic mass is 9.40. The van der Waals surface area contributed by atoms with Crippen LogP contribution in [-0.4, -0.2) is 44.3 Å². The molecule has 190 valence electrons. The Bertz CT molecular complexity index is 750. The van der Waals surface area contributed by atoms with E-state index in [0.717, 1.165) is 25.7 Å². The molecule has 0 aliphatic heterocycles. The van der Waals surface area contributed by atoms with Gasteiger partial charge in [0.05, 0.1) is 23.9 Å². The fraction of sp³-hybridized carbons (Fsp3) is 0.931. The van der Waals surface area contributed by atoms with E-state index in [1.54, 1.807) is 0 Å². The molecular formula is C29H50O4. The molecule has 0 radical (unpaired) electrons. The number of rotatable bonds is 4. The molecule has 4 aliphatic carbocycles. The number of hydrogen-bond donors (Lipinski definition) is 4. The zero-order valence-electron chi connectivity index (χ0n) is 22.0. The Hall–Kier alpha value is -0.420. The van der Waals surface area contributed by atoms with Crippen LogP contribution in [0.3, 0.4) is 0 Å². The van der Waals surface area contributed by atoms with E-state index in [-0.39, 0.29) is 41.1 Å². The van der Waals surface area contributed by atoms with Crippen LogP contribution in [0.1, 0.15) is 87.0 Å². The van der Waals surface area contributed by atoms with Gasteiger partial charge in [-0.1, -0.05) is 60.6 Å². The summed E-state index contributed by atoms with van der Waals surface area (Å²) >= 11 is 0. The van der Waals surface area contributed by atoms with Crippen molar-refractivity contribution in [3.05, 3.63) is 12.2 Å². The summed E-state index contributed by atoms with van der Waals surface area (Å²) in [5.74, 6) is 1.73. The van der Waals surface area contributed by atoms with Gasteiger partial charge in [-0.05, 0) is 85.4 Å². The van der Waals surface area contributed by atoms with Crippen molar-refractivity contribution in [3.8, 4) is 0 Å². The number of aliphatic hydroxyl groups is 4. The van der Waals surface area contributed by atoms with Crippen LogP contribution in [-0.2, 0) is 0 Å². The first kappa shape index (κ1) is 25.7. The molecule has 4 N–H and O–H groups in total. The number of fused-ring (bicyclic) bond motifs is 5. The van der Waals surface area contributed by atoms with Gasteiger partial charge in [-0.2, -0.15) is 0 Å². The zero-order valence-corrected chi connectivity index (χ0v) is 22.0. The minimum Gasteiger partial charge on any atom is -0.393 e. The summed E-state index contributed by atoms with van der Waals surface area (Å²) in [7, 11) is 0. The first-order chi connectivity index (χ1) is 15.3.